The molecule has 4 saturated carbocycles. The summed E-state index contributed by atoms with van der Waals surface area (Å²) in [4.78, 5) is 94.6. The first kappa shape index (κ1) is 96.1. The third-order valence-electron chi connectivity index (χ3n) is 19.7. The zero-order valence-electron chi connectivity index (χ0n) is 67.3. The maximum Gasteiger partial charge on any atom is 0.402 e. The summed E-state index contributed by atoms with van der Waals surface area (Å²) in [5.41, 5.74) is 6.37. The van der Waals surface area contributed by atoms with Crippen LogP contribution in [-0.4, -0.2) is 312 Å². The van der Waals surface area contributed by atoms with Crippen molar-refractivity contribution in [2.75, 3.05) is 33.0 Å². The van der Waals surface area contributed by atoms with E-state index in [-0.39, 0.29) is 85.3 Å². The van der Waals surface area contributed by atoms with Gasteiger partial charge in [0, 0.05) is 18.8 Å². The zero-order valence-corrected chi connectivity index (χ0v) is 67.3. The van der Waals surface area contributed by atoms with E-state index in [2.05, 4.69) is 35.8 Å². The zero-order chi connectivity index (χ0) is 85.6. The number of Topliss-reactive ketones (excluding diaryl/α,β-unsaturated/α-hetero) is 5. The highest BCUT2D eigenvalue weighted by molar-refractivity contribution is 6.64. The van der Waals surface area contributed by atoms with Crippen molar-refractivity contribution in [3.63, 3.8) is 0 Å². The van der Waals surface area contributed by atoms with Crippen molar-refractivity contribution in [1.82, 2.24) is 0 Å². The number of esters is 2. The minimum absolute atomic E-state index is 0.0447. The molecule has 9 saturated heterocycles. The van der Waals surface area contributed by atoms with Crippen molar-refractivity contribution >= 4 is 52.9 Å². The summed E-state index contributed by atoms with van der Waals surface area (Å²) in [6, 6.07) is 0. The Kier molecular flexibility index (Phi) is 32.3. The molecule has 0 amide bonds. The average molecular weight is 1620 g/mol. The molecule has 26 atom stereocenters. The molecule has 9 N–H and O–H groups in total. The lowest BCUT2D eigenvalue weighted by Gasteiger charge is -2.23. The predicted octanol–water partition coefficient (Wildman–Crippen LogP) is 0.442. The second-order valence-corrected chi connectivity index (χ2v) is 31.7. The molecule has 37 heteroatoms. The summed E-state index contributed by atoms with van der Waals surface area (Å²) in [7, 11) is 0. The normalized spacial score (nSPS) is 39.2. The van der Waals surface area contributed by atoms with Gasteiger partial charge >= 0.3 is 17.7 Å². The Bertz CT molecular complexity index is 3430. The first-order valence-corrected chi connectivity index (χ1v) is 37.2. The van der Waals surface area contributed by atoms with Gasteiger partial charge in [-0.25, -0.2) is 0 Å². The lowest BCUT2D eigenvalue weighted by atomic mass is 9.99. The molecule has 13 fully saturated rings. The van der Waals surface area contributed by atoms with Crippen LogP contribution >= 0.6 is 0 Å². The van der Waals surface area contributed by atoms with Crippen LogP contribution in [0.5, 0.6) is 0 Å². The third kappa shape index (κ3) is 22.6. The van der Waals surface area contributed by atoms with E-state index in [1.807, 2.05) is 13.8 Å². The summed E-state index contributed by atoms with van der Waals surface area (Å²) in [5, 5.41) is 81.7. The minimum atomic E-state index is -1.38. The Labute approximate surface area is 655 Å². The first-order chi connectivity index (χ1) is 52.3. The van der Waals surface area contributed by atoms with Crippen LogP contribution in [0.3, 0.4) is 0 Å². The standard InChI is InChI=1S/C12H18O5.C12H16O5.C11H14N2O4.C11H16O4.C9H16O4.C8H14O5.C8H12O3.C5H10O5/c2*1-4-15-10(14)12-5-6(12)7-8(9(12)13)17-11(2,3)16-7;1-5-7-10(17-11(3,4)16-7)9(15)8(13-12)6(2)14;1-5-9-10(8(13)6-7(2)12)15-11(3,4)14-9;1-4-7-8(6(11)5-10)13-9(2,3)12-7;1-8(2)12-5-4(3-9)11-7(10)6(5)13-8;1-4-6-7(5-9)11-8(2,3)10-6;6-1-2-3(7)4(8)5(9)10-2/h6-9,13H,4-5H2,1-3H3;6-8H,4-5H2,1-3H3;5,7,10H,1H2,2-4H3;5,9-10H,1,6H2,2-4H3;4,6-8,10-11H,1,5H2,2-3H3;4-7,9-10H,3H2,1-2H3;4-7H,1H2,2-3H3;2-9H,1H2/t6-,7+,8+,9+,12+;6-,7+,8+,12+;7-,10-;9-,10+;6-,7+,8-;4-,5-,6-,7?;6-,7+;2-,3-,4-,5?/m11001101/s1. The summed E-state index contributed by atoms with van der Waals surface area (Å²) < 4.78 is 96.2. The van der Waals surface area contributed by atoms with Gasteiger partial charge in [-0.2, -0.15) is 4.79 Å². The fourth-order valence-corrected chi connectivity index (χ4v) is 14.8. The van der Waals surface area contributed by atoms with Gasteiger partial charge in [-0.05, 0) is 131 Å². The molecular weight excluding hydrogens is 1500 g/mol. The van der Waals surface area contributed by atoms with Crippen LogP contribution in [-0.2, 0) is 124 Å². The number of aldehydes is 1. The Morgan fingerprint density at radius 1 is 0.522 bits per heavy atom. The van der Waals surface area contributed by atoms with E-state index in [1.54, 1.807) is 109 Å². The molecule has 13 rings (SSSR count). The maximum absolute atomic E-state index is 12.2. The summed E-state index contributed by atoms with van der Waals surface area (Å²) in [6.07, 6.45) is -6.92. The summed E-state index contributed by atoms with van der Waals surface area (Å²) >= 11 is 0. The van der Waals surface area contributed by atoms with E-state index in [9.17, 15) is 53.7 Å². The number of hydrogen-bond acceptors (Lipinski definition) is 35. The van der Waals surface area contributed by atoms with E-state index in [0.717, 1.165) is 13.2 Å². The van der Waals surface area contributed by atoms with Crippen LogP contribution in [0.4, 0.5) is 0 Å². The molecular formula is C76H116N2O35. The SMILES string of the molecule is C=C[C@@H]1OC(C)(C)O[C@@H]1C(=O)C(=[N+]=[N-])C(C)=O.C=C[C@@H]1OC(C)(C)O[C@@H]1C(=O)CC(C)=O.C=C[C@@H]1OC(C)(C)O[C@@H]1C=O.C=C[C@@H]1OC(C)(C)O[C@@H]1[C@H](O)CO.CC1(C)O[C@@H]2[C@@H](CO)OC(O)[C@@H]2O1.CCOC(=O)[C@@]12C[C@@H]1[C@@H]1OC(C)(C)O[C@@H]1C2=O.CCOC(=O)[C@@]12C[C@@H]1[C@@H]1OC(C)(C)O[C@@H]1[C@@H]2O.OC[C@H]1OC(O)[C@H](O)[C@@H]1O. The molecule has 9 heterocycles. The second-order valence-electron chi connectivity index (χ2n) is 31.7. The van der Waals surface area contributed by atoms with E-state index in [0.29, 0.717) is 26.1 Å². The number of ketones is 5. The smallest absolute Gasteiger partial charge is 0.402 e. The highest BCUT2D eigenvalue weighted by atomic mass is 16.8. The Morgan fingerprint density at radius 2 is 0.965 bits per heavy atom. The molecule has 640 valence electrons. The van der Waals surface area contributed by atoms with Crippen LogP contribution < -0.4 is 0 Å². The molecule has 13 aliphatic rings. The molecule has 0 radical (unpaired) electrons. The topological polar surface area (TPSA) is 521 Å². The highest BCUT2D eigenvalue weighted by Crippen LogP contribution is 2.68. The monoisotopic (exact) mass is 1620 g/mol. The number of carbonyl (C=O) groups excluding carboxylic acids is 8. The Hall–Kier alpha value is -5.70. The van der Waals surface area contributed by atoms with Crippen molar-refractivity contribution < 1.29 is 174 Å². The number of aliphatic hydroxyl groups excluding tert-OH is 9. The Morgan fingerprint density at radius 3 is 1.42 bits per heavy atom. The van der Waals surface area contributed by atoms with Gasteiger partial charge in [0.15, 0.2) is 77.0 Å². The van der Waals surface area contributed by atoms with E-state index >= 15 is 0 Å². The lowest BCUT2D eigenvalue weighted by molar-refractivity contribution is -0.223. The summed E-state index contributed by atoms with van der Waals surface area (Å²) in [5.74, 6) is -7.87. The van der Waals surface area contributed by atoms with Gasteiger partial charge in [-0.3, -0.25) is 33.6 Å². The molecule has 0 aromatic heterocycles. The average Bonchev–Trinajstić information content (AvgIpc) is 1.51. The second kappa shape index (κ2) is 37.9. The fourth-order valence-electron chi connectivity index (χ4n) is 14.8. The molecule has 9 aliphatic heterocycles. The molecule has 113 heavy (non-hydrogen) atoms. The molecule has 2 unspecified atom stereocenters. The van der Waals surface area contributed by atoms with Crippen molar-refractivity contribution in [3.8, 4) is 0 Å². The van der Waals surface area contributed by atoms with E-state index in [4.69, 9.17) is 117 Å². The van der Waals surface area contributed by atoms with Gasteiger partial charge in [0.05, 0.1) is 57.8 Å². The largest absolute Gasteiger partial charge is 0.465 e. The molecule has 4 aliphatic carbocycles. The van der Waals surface area contributed by atoms with Gasteiger partial charge in [-0.15, -0.1) is 26.3 Å². The van der Waals surface area contributed by atoms with Crippen LogP contribution in [0.1, 0.15) is 144 Å². The van der Waals surface area contributed by atoms with Crippen molar-refractivity contribution in [2.24, 2.45) is 22.7 Å². The fraction of sp³-hybridized carbons (Fsp3) is 0.776. The van der Waals surface area contributed by atoms with Crippen molar-refractivity contribution in [1.29, 1.82) is 0 Å². The van der Waals surface area contributed by atoms with Gasteiger partial charge in [0.2, 0.25) is 5.78 Å². The molecule has 0 bridgehead atoms. The van der Waals surface area contributed by atoms with Crippen molar-refractivity contribution in [2.45, 2.75) is 319 Å². The molecule has 0 aromatic carbocycles. The molecule has 0 aromatic rings. The number of nitrogens with zero attached hydrogens (tertiary/aromatic N) is 2. The van der Waals surface area contributed by atoms with Gasteiger partial charge in [-0.1, -0.05) is 24.3 Å². The number of rotatable bonds is 19. The van der Waals surface area contributed by atoms with E-state index < -0.39 is 185 Å². The number of ether oxygens (including phenoxy) is 18. The number of carbonyl (C=O) groups is 8. The highest BCUT2D eigenvalue weighted by Gasteiger charge is 2.81. The first-order valence-electron chi connectivity index (χ1n) is 37.2. The number of fused-ring (bicyclic) bond motifs is 7. The van der Waals surface area contributed by atoms with Gasteiger partial charge in [0.1, 0.15) is 114 Å². The Balaban J connectivity index is 0.000000202. The quantitative estimate of drug-likeness (QED) is 0.0161. The van der Waals surface area contributed by atoms with Gasteiger partial charge < -0.3 is 142 Å². The predicted molar refractivity (Wildman–Crippen MR) is 385 cm³/mol. The number of aliphatic hydroxyl groups is 9. The van der Waals surface area contributed by atoms with Crippen LogP contribution in [0, 0.1) is 22.7 Å². The number of hydrogen-bond donors (Lipinski definition) is 9. The van der Waals surface area contributed by atoms with Crippen LogP contribution in [0.15, 0.2) is 50.6 Å². The van der Waals surface area contributed by atoms with Crippen molar-refractivity contribution in [3.05, 3.63) is 56.2 Å². The molecule has 37 nitrogen and oxygen atoms in total. The third-order valence-corrected chi connectivity index (χ3v) is 19.7. The van der Waals surface area contributed by atoms with E-state index in [1.165, 1.54) is 19.1 Å². The van der Waals surface area contributed by atoms with Gasteiger partial charge in [0.25, 0.3) is 5.78 Å². The van der Waals surface area contributed by atoms with Crippen LogP contribution in [0.25, 0.3) is 5.53 Å². The van der Waals surface area contributed by atoms with Crippen LogP contribution in [0.2, 0.25) is 0 Å². The maximum atomic E-state index is 12.2. The molecule has 0 spiro atoms. The summed E-state index contributed by atoms with van der Waals surface area (Å²) in [6.45, 7) is 44.5. The minimum Gasteiger partial charge on any atom is -0.465 e. The lowest BCUT2D eigenvalue weighted by Crippen LogP contribution is -2.39.